The second kappa shape index (κ2) is 10.4. The monoisotopic (exact) mass is 524 g/mol. The first kappa shape index (κ1) is 24.6. The smallest absolute Gasteiger partial charge is 0.333 e. The fraction of sp³-hybridized carbons (Fsp3) is 0.333. The molecule has 1 saturated carbocycles. The van der Waals surface area contributed by atoms with E-state index in [0.29, 0.717) is 23.8 Å². The molecule has 0 saturated heterocycles. The van der Waals surface area contributed by atoms with Crippen LogP contribution in [0.15, 0.2) is 42.9 Å². The van der Waals surface area contributed by atoms with Gasteiger partial charge in [-0.1, -0.05) is 35.3 Å². The molecule has 2 unspecified atom stereocenters. The van der Waals surface area contributed by atoms with E-state index in [9.17, 15) is 13.2 Å². The summed E-state index contributed by atoms with van der Waals surface area (Å²) in [6, 6.07) is 8.94. The van der Waals surface area contributed by atoms with Crippen LogP contribution in [0.1, 0.15) is 40.9 Å². The predicted molar refractivity (Wildman–Crippen MR) is 127 cm³/mol. The molecule has 0 bridgehead atoms. The molecule has 3 aromatic rings. The number of ketones is 1. The Kier molecular flexibility index (Phi) is 7.48. The molecule has 0 spiro atoms. The fourth-order valence-electron chi connectivity index (χ4n) is 3.94. The third-order valence-electron chi connectivity index (χ3n) is 5.49. The Bertz CT molecular complexity index is 1300. The van der Waals surface area contributed by atoms with Crippen molar-refractivity contribution in [3.05, 3.63) is 69.9 Å². The number of nitrogens with one attached hydrogen (secondary N) is 1. The lowest BCUT2D eigenvalue weighted by Crippen LogP contribution is -2.22. The highest BCUT2D eigenvalue weighted by atomic mass is 35.5. The minimum absolute atomic E-state index is 0.00877. The molecule has 4 rings (SSSR count). The number of hydrogen-bond acceptors (Lipinski definition) is 8. The lowest BCUT2D eigenvalue weighted by atomic mass is 10.1. The zero-order valence-electron chi connectivity index (χ0n) is 17.9. The van der Waals surface area contributed by atoms with Crippen molar-refractivity contribution in [3.8, 4) is 0 Å². The van der Waals surface area contributed by atoms with E-state index < -0.39 is 16.1 Å². The van der Waals surface area contributed by atoms with Gasteiger partial charge in [-0.3, -0.25) is 13.7 Å². The molecular weight excluding hydrogens is 503 g/mol. The lowest BCUT2D eigenvalue weighted by Gasteiger charge is -2.16. The third-order valence-corrected chi connectivity index (χ3v) is 6.47. The molecule has 1 aliphatic carbocycles. The first-order valence-corrected chi connectivity index (χ1v) is 12.7. The van der Waals surface area contributed by atoms with Crippen molar-refractivity contribution in [3.63, 3.8) is 0 Å². The molecule has 3 N–H and O–H groups in total. The Morgan fingerprint density at radius 2 is 2.06 bits per heavy atom. The van der Waals surface area contributed by atoms with Gasteiger partial charge in [0, 0.05) is 17.3 Å². The van der Waals surface area contributed by atoms with Gasteiger partial charge in [-0.25, -0.2) is 15.1 Å². The van der Waals surface area contributed by atoms with Crippen molar-refractivity contribution in [1.29, 1.82) is 0 Å². The van der Waals surface area contributed by atoms with Gasteiger partial charge in [0.15, 0.2) is 0 Å². The van der Waals surface area contributed by atoms with Crippen LogP contribution in [0.4, 0.5) is 5.82 Å². The van der Waals surface area contributed by atoms with Crippen LogP contribution in [0.5, 0.6) is 0 Å². The average Bonchev–Trinajstić information content (AvgIpc) is 3.41. The summed E-state index contributed by atoms with van der Waals surface area (Å²) >= 11 is 12.3. The van der Waals surface area contributed by atoms with E-state index in [2.05, 4.69) is 20.4 Å². The Morgan fingerprint density at radius 3 is 2.82 bits per heavy atom. The van der Waals surface area contributed by atoms with Crippen LogP contribution in [0.2, 0.25) is 10.2 Å². The summed E-state index contributed by atoms with van der Waals surface area (Å²) in [4.78, 5) is 21.4. The van der Waals surface area contributed by atoms with Crippen LogP contribution >= 0.6 is 23.2 Å². The highest BCUT2D eigenvalue weighted by Crippen LogP contribution is 2.31. The van der Waals surface area contributed by atoms with E-state index in [-0.39, 0.29) is 35.0 Å². The molecule has 13 heteroatoms. The standard InChI is InChI=1S/C21H22Cl2N6O4S/c22-15-3-1-2-13(8-15)10-29-7-6-17(28-29)19(30)18-20(23)25-12-26-21(18)27-16-5-4-14(9-16)11-33-34(24,31)32/h1-3,6-8,12,14,16H,4-5,9-11H2,(H2,24,31,32)(H,25,26,27). The second-order valence-corrected chi connectivity index (χ2v) is 10.1. The normalized spacial score (nSPS) is 18.2. The molecule has 1 fully saturated rings. The van der Waals surface area contributed by atoms with Gasteiger partial charge in [0.1, 0.15) is 28.6 Å². The molecule has 0 aliphatic heterocycles. The number of anilines is 1. The fourth-order valence-corrected chi connectivity index (χ4v) is 4.75. The summed E-state index contributed by atoms with van der Waals surface area (Å²) in [7, 11) is -3.98. The van der Waals surface area contributed by atoms with Crippen LogP contribution in [0.25, 0.3) is 0 Å². The molecule has 10 nitrogen and oxygen atoms in total. The Hall–Kier alpha value is -2.57. The van der Waals surface area contributed by atoms with Gasteiger partial charge in [0.2, 0.25) is 5.78 Å². The van der Waals surface area contributed by atoms with Gasteiger partial charge in [-0.15, -0.1) is 0 Å². The zero-order chi connectivity index (χ0) is 24.3. The van der Waals surface area contributed by atoms with Gasteiger partial charge >= 0.3 is 10.3 Å². The third kappa shape index (κ3) is 6.30. The lowest BCUT2D eigenvalue weighted by molar-refractivity contribution is 0.103. The number of rotatable bonds is 9. The van der Waals surface area contributed by atoms with Crippen molar-refractivity contribution in [2.45, 2.75) is 31.8 Å². The van der Waals surface area contributed by atoms with Crippen molar-refractivity contribution in [2.75, 3.05) is 11.9 Å². The summed E-state index contributed by atoms with van der Waals surface area (Å²) in [6.07, 6.45) is 5.08. The van der Waals surface area contributed by atoms with E-state index in [0.717, 1.165) is 18.4 Å². The van der Waals surface area contributed by atoms with Gasteiger partial charge in [0.05, 0.1) is 13.2 Å². The van der Waals surface area contributed by atoms with Crippen molar-refractivity contribution in [2.24, 2.45) is 11.1 Å². The first-order valence-electron chi connectivity index (χ1n) is 10.4. The van der Waals surface area contributed by atoms with Gasteiger partial charge in [-0.05, 0) is 48.9 Å². The van der Waals surface area contributed by atoms with Gasteiger partial charge in [-0.2, -0.15) is 13.5 Å². The van der Waals surface area contributed by atoms with Crippen molar-refractivity contribution in [1.82, 2.24) is 19.7 Å². The van der Waals surface area contributed by atoms with Crippen molar-refractivity contribution < 1.29 is 17.4 Å². The SMILES string of the molecule is NS(=O)(=O)OCC1CCC(Nc2ncnc(Cl)c2C(=O)c2ccn(Cc3cccc(Cl)c3)n2)C1. The molecule has 2 atom stereocenters. The van der Waals surface area contributed by atoms with E-state index in [1.54, 1.807) is 23.0 Å². The van der Waals surface area contributed by atoms with Crippen LogP contribution in [0.3, 0.4) is 0 Å². The molecule has 34 heavy (non-hydrogen) atoms. The Balaban J connectivity index is 1.47. The van der Waals surface area contributed by atoms with E-state index >= 15 is 0 Å². The number of carbonyl (C=O) groups is 1. The maximum atomic E-state index is 13.3. The zero-order valence-corrected chi connectivity index (χ0v) is 20.2. The maximum Gasteiger partial charge on any atom is 0.333 e. The largest absolute Gasteiger partial charge is 0.367 e. The molecule has 180 valence electrons. The molecule has 2 aromatic heterocycles. The minimum atomic E-state index is -3.98. The summed E-state index contributed by atoms with van der Waals surface area (Å²) < 4.78 is 28.4. The Labute approximate surface area is 206 Å². The number of nitrogens with zero attached hydrogens (tertiary/aromatic N) is 4. The highest BCUT2D eigenvalue weighted by Gasteiger charge is 2.29. The molecule has 1 aliphatic rings. The highest BCUT2D eigenvalue weighted by molar-refractivity contribution is 7.84. The molecule has 2 heterocycles. The van der Waals surface area contributed by atoms with Gasteiger partial charge < -0.3 is 5.32 Å². The maximum absolute atomic E-state index is 13.3. The summed E-state index contributed by atoms with van der Waals surface area (Å²) in [6.45, 7) is 0.458. The van der Waals surface area contributed by atoms with Crippen LogP contribution in [-0.4, -0.2) is 46.6 Å². The number of aromatic nitrogens is 4. The summed E-state index contributed by atoms with van der Waals surface area (Å²) in [5.41, 5.74) is 1.27. The molecule has 0 radical (unpaired) electrons. The van der Waals surface area contributed by atoms with Crippen molar-refractivity contribution >= 4 is 45.1 Å². The molecule has 0 amide bonds. The summed E-state index contributed by atoms with van der Waals surface area (Å²) in [5, 5.41) is 13.2. The van der Waals surface area contributed by atoms with Crippen LogP contribution in [-0.2, 0) is 21.0 Å². The Morgan fingerprint density at radius 1 is 1.24 bits per heavy atom. The first-order chi connectivity index (χ1) is 16.2. The number of benzene rings is 1. The average molecular weight is 525 g/mol. The topological polar surface area (TPSA) is 142 Å². The van der Waals surface area contributed by atoms with Crippen LogP contribution < -0.4 is 10.5 Å². The minimum Gasteiger partial charge on any atom is -0.367 e. The number of hydrogen-bond donors (Lipinski definition) is 2. The van der Waals surface area contributed by atoms with E-state index in [1.807, 2.05) is 18.2 Å². The van der Waals surface area contributed by atoms with Gasteiger partial charge in [0.25, 0.3) is 0 Å². The number of carbonyl (C=O) groups excluding carboxylic acids is 1. The second-order valence-electron chi connectivity index (χ2n) is 8.04. The van der Waals surface area contributed by atoms with Crippen LogP contribution in [0, 0.1) is 5.92 Å². The molecular formula is C21H22Cl2N6O4S. The number of nitrogens with two attached hydrogens (primary N) is 1. The number of halogens is 2. The molecule has 1 aromatic carbocycles. The van der Waals surface area contributed by atoms with E-state index in [4.69, 9.17) is 32.5 Å². The van der Waals surface area contributed by atoms with E-state index in [1.165, 1.54) is 6.33 Å². The predicted octanol–water partition coefficient (Wildman–Crippen LogP) is 3.06. The quantitative estimate of drug-likeness (QED) is 0.321. The summed E-state index contributed by atoms with van der Waals surface area (Å²) in [5.74, 6) is -0.105.